The molecule has 1 atom stereocenters. The lowest BCUT2D eigenvalue weighted by Crippen LogP contribution is -2.45. The van der Waals surface area contributed by atoms with Crippen LogP contribution in [0, 0.1) is 5.82 Å². The molecule has 7 heteroatoms. The first-order valence-electron chi connectivity index (χ1n) is 9.93. The molecule has 1 N–H and O–H groups in total. The number of benzene rings is 1. The molecule has 0 saturated carbocycles. The van der Waals surface area contributed by atoms with E-state index in [1.165, 1.54) is 12.1 Å². The van der Waals surface area contributed by atoms with Crippen molar-refractivity contribution >= 4 is 28.4 Å². The Balaban J connectivity index is 1.61. The monoisotopic (exact) mass is 383 g/mol. The van der Waals surface area contributed by atoms with Gasteiger partial charge in [0, 0.05) is 44.5 Å². The van der Waals surface area contributed by atoms with Crippen LogP contribution in [0.25, 0.3) is 16.6 Å². The highest BCUT2D eigenvalue weighted by molar-refractivity contribution is 5.85. The lowest BCUT2D eigenvalue weighted by Gasteiger charge is -2.25. The number of aromatic nitrogens is 2. The second kappa shape index (κ2) is 7.66. The van der Waals surface area contributed by atoms with Gasteiger partial charge in [0.25, 0.3) is 0 Å². The van der Waals surface area contributed by atoms with Crippen LogP contribution in [-0.2, 0) is 0 Å². The number of carbonyl (C=O) groups excluding carboxylic acids is 1. The molecule has 28 heavy (non-hydrogen) atoms. The Kier molecular flexibility index (Phi) is 5.07. The van der Waals surface area contributed by atoms with Crippen molar-refractivity contribution in [1.82, 2.24) is 19.6 Å². The van der Waals surface area contributed by atoms with Crippen molar-refractivity contribution in [1.29, 1.82) is 0 Å². The SMILES string of the molecule is CCC(C)NC(=O)N1CCCN(c2nc3cc(F)ccc3n3cccc23)CC1. The molecule has 4 rings (SSSR count). The van der Waals surface area contributed by atoms with E-state index in [0.717, 1.165) is 42.8 Å². The van der Waals surface area contributed by atoms with Crippen molar-refractivity contribution in [3.8, 4) is 0 Å². The quantitative estimate of drug-likeness (QED) is 0.751. The maximum Gasteiger partial charge on any atom is 0.317 e. The Labute approximate surface area is 163 Å². The number of fused-ring (bicyclic) bond motifs is 3. The van der Waals surface area contributed by atoms with E-state index in [4.69, 9.17) is 4.98 Å². The topological polar surface area (TPSA) is 52.9 Å². The predicted molar refractivity (Wildman–Crippen MR) is 109 cm³/mol. The summed E-state index contributed by atoms with van der Waals surface area (Å²) in [5, 5.41) is 3.04. The highest BCUT2D eigenvalue weighted by atomic mass is 19.1. The zero-order chi connectivity index (χ0) is 19.7. The summed E-state index contributed by atoms with van der Waals surface area (Å²) in [6, 6.07) is 8.88. The van der Waals surface area contributed by atoms with Crippen LogP contribution in [-0.4, -0.2) is 52.5 Å². The summed E-state index contributed by atoms with van der Waals surface area (Å²) in [6.07, 6.45) is 3.75. The van der Waals surface area contributed by atoms with Crippen molar-refractivity contribution in [3.05, 3.63) is 42.3 Å². The molecule has 1 aliphatic heterocycles. The minimum Gasteiger partial charge on any atom is -0.353 e. The molecule has 2 amide bonds. The maximum absolute atomic E-state index is 13.8. The molecule has 3 heterocycles. The van der Waals surface area contributed by atoms with E-state index >= 15 is 0 Å². The molecular weight excluding hydrogens is 357 g/mol. The molecule has 0 radical (unpaired) electrons. The second-order valence-electron chi connectivity index (χ2n) is 7.42. The molecule has 6 nitrogen and oxygen atoms in total. The Bertz CT molecular complexity index is 1000. The van der Waals surface area contributed by atoms with Crippen LogP contribution >= 0.6 is 0 Å². The molecule has 3 aromatic rings. The molecule has 0 spiro atoms. The van der Waals surface area contributed by atoms with Gasteiger partial charge in [0.05, 0.1) is 16.6 Å². The van der Waals surface area contributed by atoms with Crippen LogP contribution in [0.15, 0.2) is 36.5 Å². The molecule has 1 fully saturated rings. The number of halogens is 1. The molecule has 1 aliphatic rings. The van der Waals surface area contributed by atoms with E-state index in [1.54, 1.807) is 6.07 Å². The standard InChI is InChI=1S/C21H26FN5O/c1-3-15(2)23-21(28)26-10-5-9-25(12-13-26)20-19-6-4-11-27(19)18-8-7-16(22)14-17(18)24-20/h4,6-8,11,14-15H,3,5,9-10,12-13H2,1-2H3,(H,23,28). The zero-order valence-electron chi connectivity index (χ0n) is 16.4. The van der Waals surface area contributed by atoms with Crippen molar-refractivity contribution in [3.63, 3.8) is 0 Å². The van der Waals surface area contributed by atoms with E-state index < -0.39 is 0 Å². The van der Waals surface area contributed by atoms with Crippen LogP contribution in [0.5, 0.6) is 0 Å². The van der Waals surface area contributed by atoms with Gasteiger partial charge in [-0.05, 0) is 44.0 Å². The van der Waals surface area contributed by atoms with Gasteiger partial charge >= 0.3 is 6.03 Å². The molecular formula is C21H26FN5O. The minimum atomic E-state index is -0.291. The van der Waals surface area contributed by atoms with E-state index in [0.29, 0.717) is 18.6 Å². The van der Waals surface area contributed by atoms with Crippen molar-refractivity contribution in [2.75, 3.05) is 31.1 Å². The highest BCUT2D eigenvalue weighted by Gasteiger charge is 2.22. The molecule has 1 saturated heterocycles. The summed E-state index contributed by atoms with van der Waals surface area (Å²) in [5.41, 5.74) is 2.51. The number of carbonyl (C=O) groups is 1. The molecule has 148 valence electrons. The highest BCUT2D eigenvalue weighted by Crippen LogP contribution is 2.26. The lowest BCUT2D eigenvalue weighted by molar-refractivity contribution is 0.197. The second-order valence-corrected chi connectivity index (χ2v) is 7.42. The summed E-state index contributed by atoms with van der Waals surface area (Å²) in [7, 11) is 0. The fraction of sp³-hybridized carbons (Fsp3) is 0.429. The fourth-order valence-corrected chi connectivity index (χ4v) is 3.70. The van der Waals surface area contributed by atoms with Crippen LogP contribution in [0.4, 0.5) is 15.0 Å². The normalized spacial score (nSPS) is 16.4. The maximum atomic E-state index is 13.8. The third kappa shape index (κ3) is 3.48. The average Bonchev–Trinajstić information content (AvgIpc) is 3.04. The van der Waals surface area contributed by atoms with Gasteiger partial charge in [-0.3, -0.25) is 0 Å². The summed E-state index contributed by atoms with van der Waals surface area (Å²) < 4.78 is 15.8. The van der Waals surface area contributed by atoms with Gasteiger partial charge in [0.15, 0.2) is 5.82 Å². The largest absolute Gasteiger partial charge is 0.353 e. The van der Waals surface area contributed by atoms with Gasteiger partial charge in [-0.1, -0.05) is 6.92 Å². The minimum absolute atomic E-state index is 0.00225. The molecule has 0 aliphatic carbocycles. The van der Waals surface area contributed by atoms with Crippen LogP contribution in [0.3, 0.4) is 0 Å². The van der Waals surface area contributed by atoms with E-state index in [1.807, 2.05) is 30.2 Å². The number of urea groups is 1. The zero-order valence-corrected chi connectivity index (χ0v) is 16.4. The average molecular weight is 383 g/mol. The van der Waals surface area contributed by atoms with Gasteiger partial charge in [-0.2, -0.15) is 0 Å². The van der Waals surface area contributed by atoms with Gasteiger partial charge in [-0.25, -0.2) is 14.2 Å². The first-order chi connectivity index (χ1) is 13.6. The Morgan fingerprint density at radius 3 is 2.89 bits per heavy atom. The summed E-state index contributed by atoms with van der Waals surface area (Å²) in [4.78, 5) is 21.3. The lowest BCUT2D eigenvalue weighted by atomic mass is 10.2. The Morgan fingerprint density at radius 2 is 2.07 bits per heavy atom. The summed E-state index contributed by atoms with van der Waals surface area (Å²) in [6.45, 7) is 6.94. The van der Waals surface area contributed by atoms with E-state index in [9.17, 15) is 9.18 Å². The third-order valence-corrected chi connectivity index (χ3v) is 5.47. The molecule has 1 unspecified atom stereocenters. The van der Waals surface area contributed by atoms with E-state index in [-0.39, 0.29) is 17.9 Å². The fourth-order valence-electron chi connectivity index (χ4n) is 3.70. The van der Waals surface area contributed by atoms with E-state index in [2.05, 4.69) is 21.5 Å². The van der Waals surface area contributed by atoms with Gasteiger partial charge < -0.3 is 19.5 Å². The van der Waals surface area contributed by atoms with Gasteiger partial charge in [0.2, 0.25) is 0 Å². The smallest absolute Gasteiger partial charge is 0.317 e. The number of nitrogens with zero attached hydrogens (tertiary/aromatic N) is 4. The first-order valence-corrected chi connectivity index (χ1v) is 9.93. The summed E-state index contributed by atoms with van der Waals surface area (Å²) >= 11 is 0. The number of hydrogen-bond donors (Lipinski definition) is 1. The first kappa shape index (κ1) is 18.5. The molecule has 1 aromatic carbocycles. The number of nitrogens with one attached hydrogen (secondary N) is 1. The van der Waals surface area contributed by atoms with Crippen LogP contribution in [0.1, 0.15) is 26.7 Å². The third-order valence-electron chi connectivity index (χ3n) is 5.47. The summed E-state index contributed by atoms with van der Waals surface area (Å²) in [5.74, 6) is 0.550. The number of amides is 2. The Hall–Kier alpha value is -2.83. The van der Waals surface area contributed by atoms with Crippen molar-refractivity contribution < 1.29 is 9.18 Å². The van der Waals surface area contributed by atoms with Crippen molar-refractivity contribution in [2.45, 2.75) is 32.7 Å². The van der Waals surface area contributed by atoms with Gasteiger partial charge in [-0.15, -0.1) is 0 Å². The molecule has 0 bridgehead atoms. The van der Waals surface area contributed by atoms with Crippen molar-refractivity contribution in [2.24, 2.45) is 0 Å². The van der Waals surface area contributed by atoms with Crippen LogP contribution < -0.4 is 10.2 Å². The predicted octanol–water partition coefficient (Wildman–Crippen LogP) is 3.65. The van der Waals surface area contributed by atoms with Crippen LogP contribution in [0.2, 0.25) is 0 Å². The number of hydrogen-bond acceptors (Lipinski definition) is 3. The number of rotatable bonds is 3. The molecule has 2 aromatic heterocycles. The Morgan fingerprint density at radius 1 is 1.21 bits per heavy atom. The van der Waals surface area contributed by atoms with Gasteiger partial charge in [0.1, 0.15) is 5.82 Å². The number of anilines is 1.